The molecule has 1 aromatic heterocycles. The Kier molecular flexibility index (Phi) is 6.63. The van der Waals surface area contributed by atoms with Crippen molar-refractivity contribution in [3.8, 4) is 11.8 Å². The molecule has 0 radical (unpaired) electrons. The number of aromatic nitrogens is 1. The van der Waals surface area contributed by atoms with Crippen LogP contribution < -0.4 is 10.1 Å². The number of H-pyrrole nitrogens is 1. The number of aromatic amines is 1. The molecule has 2 aliphatic heterocycles. The van der Waals surface area contributed by atoms with Crippen LogP contribution in [0.4, 0.5) is 0 Å². The van der Waals surface area contributed by atoms with E-state index >= 15 is 0 Å². The maximum Gasteiger partial charge on any atom is 0.253 e. The summed E-state index contributed by atoms with van der Waals surface area (Å²) in [6.07, 6.45) is 6.17. The highest BCUT2D eigenvalue weighted by Gasteiger charge is 2.49. The number of likely N-dealkylation sites (tertiary alicyclic amines) is 1. The van der Waals surface area contributed by atoms with E-state index in [1.807, 2.05) is 23.2 Å². The van der Waals surface area contributed by atoms with E-state index in [9.17, 15) is 10.1 Å². The number of hydrogen-bond acceptors (Lipinski definition) is 5. The second kappa shape index (κ2) is 10.1. The van der Waals surface area contributed by atoms with E-state index in [-0.39, 0.29) is 23.3 Å². The minimum absolute atomic E-state index is 0.116. The lowest BCUT2D eigenvalue weighted by molar-refractivity contribution is -0.0298. The molecule has 0 unspecified atom stereocenters. The van der Waals surface area contributed by atoms with Crippen LogP contribution in [-0.4, -0.2) is 60.5 Å². The highest BCUT2D eigenvalue weighted by molar-refractivity contribution is 5.94. The fourth-order valence-corrected chi connectivity index (χ4v) is 7.03. The van der Waals surface area contributed by atoms with E-state index in [0.29, 0.717) is 0 Å². The lowest BCUT2D eigenvalue weighted by Gasteiger charge is -2.53. The molecule has 0 bridgehead atoms. The first-order valence-electron chi connectivity index (χ1n) is 13.9. The zero-order valence-corrected chi connectivity index (χ0v) is 22.4. The number of carbonyl (C=O) groups excluding carboxylic acids is 1. The molecule has 2 N–H and O–H groups in total. The Balaban J connectivity index is 1.30. The molecule has 3 aromatic rings. The molecule has 7 heteroatoms. The number of piperidine rings is 1. The number of carbonyl (C=O) groups is 1. The maximum atomic E-state index is 13.1. The van der Waals surface area contributed by atoms with E-state index in [1.54, 1.807) is 7.11 Å². The number of nitrogens with one attached hydrogen (secondary N) is 2. The largest absolute Gasteiger partial charge is 0.496 e. The van der Waals surface area contributed by atoms with Gasteiger partial charge >= 0.3 is 0 Å². The van der Waals surface area contributed by atoms with Crippen LogP contribution >= 0.6 is 0 Å². The van der Waals surface area contributed by atoms with Gasteiger partial charge in [-0.2, -0.15) is 5.26 Å². The van der Waals surface area contributed by atoms with Gasteiger partial charge in [0.25, 0.3) is 5.91 Å². The van der Waals surface area contributed by atoms with E-state index in [0.717, 1.165) is 81.8 Å². The van der Waals surface area contributed by atoms with Gasteiger partial charge in [-0.05, 0) is 80.0 Å². The van der Waals surface area contributed by atoms with Crippen molar-refractivity contribution in [2.24, 2.45) is 11.3 Å². The first-order valence-corrected chi connectivity index (χ1v) is 13.9. The van der Waals surface area contributed by atoms with E-state index in [2.05, 4.69) is 52.5 Å². The number of methoxy groups -OCH3 is 1. The molecule has 6 rings (SSSR count). The summed E-state index contributed by atoms with van der Waals surface area (Å²) in [6, 6.07) is 15.3. The Bertz CT molecular complexity index is 1360. The van der Waals surface area contributed by atoms with Crippen molar-refractivity contribution in [1.29, 1.82) is 5.26 Å². The minimum atomic E-state index is 0.116. The van der Waals surface area contributed by atoms with Crippen molar-refractivity contribution in [1.82, 2.24) is 20.1 Å². The molecule has 1 saturated carbocycles. The average molecular weight is 512 g/mol. The molecule has 1 amide bonds. The van der Waals surface area contributed by atoms with Crippen molar-refractivity contribution in [2.45, 2.75) is 45.2 Å². The third kappa shape index (κ3) is 4.46. The average Bonchev–Trinajstić information content (AvgIpc) is 3.44. The molecule has 38 heavy (non-hydrogen) atoms. The first kappa shape index (κ1) is 25.0. The summed E-state index contributed by atoms with van der Waals surface area (Å²) in [5.74, 6) is 1.24. The molecule has 7 nitrogen and oxygen atoms in total. The van der Waals surface area contributed by atoms with Gasteiger partial charge < -0.3 is 19.9 Å². The Morgan fingerprint density at radius 2 is 1.89 bits per heavy atom. The number of amides is 1. The van der Waals surface area contributed by atoms with Crippen molar-refractivity contribution >= 4 is 16.8 Å². The summed E-state index contributed by atoms with van der Waals surface area (Å²) < 4.78 is 5.86. The number of nitriles is 1. The fraction of sp³-hybridized carbons (Fsp3) is 0.484. The first-order chi connectivity index (χ1) is 18.5. The molecule has 198 valence electrons. The smallest absolute Gasteiger partial charge is 0.253 e. The van der Waals surface area contributed by atoms with Gasteiger partial charge in [0.05, 0.1) is 13.2 Å². The molecule has 1 aliphatic carbocycles. The molecular weight excluding hydrogens is 474 g/mol. The lowest BCUT2D eigenvalue weighted by atomic mass is 9.56. The normalized spacial score (nSPS) is 25.8. The number of rotatable bonds is 5. The van der Waals surface area contributed by atoms with E-state index in [1.165, 1.54) is 22.1 Å². The molecule has 2 saturated heterocycles. The van der Waals surface area contributed by atoms with Gasteiger partial charge in [-0.25, -0.2) is 0 Å². The van der Waals surface area contributed by atoms with Crippen molar-refractivity contribution in [2.75, 3.05) is 39.8 Å². The predicted molar refractivity (Wildman–Crippen MR) is 148 cm³/mol. The topological polar surface area (TPSA) is 84.4 Å². The zero-order valence-electron chi connectivity index (χ0n) is 22.4. The van der Waals surface area contributed by atoms with Crippen LogP contribution in [-0.2, 0) is 6.54 Å². The number of hydrogen-bond donors (Lipinski definition) is 2. The van der Waals surface area contributed by atoms with Crippen molar-refractivity contribution < 1.29 is 9.53 Å². The number of aryl methyl sites for hydroxylation is 1. The summed E-state index contributed by atoms with van der Waals surface area (Å²) in [5.41, 5.74) is 5.81. The van der Waals surface area contributed by atoms with Gasteiger partial charge in [0.2, 0.25) is 0 Å². The molecule has 1 atom stereocenters. The van der Waals surface area contributed by atoms with Crippen LogP contribution in [0.1, 0.15) is 58.8 Å². The Hall–Kier alpha value is -3.34. The monoisotopic (exact) mass is 511 g/mol. The lowest BCUT2D eigenvalue weighted by Crippen LogP contribution is -2.48. The summed E-state index contributed by atoms with van der Waals surface area (Å²) in [6.45, 7) is 7.10. The minimum Gasteiger partial charge on any atom is -0.496 e. The molecular formula is C31H37N5O2. The number of fused-ring (bicyclic) bond motifs is 1. The van der Waals surface area contributed by atoms with Crippen LogP contribution in [0, 0.1) is 29.6 Å². The number of nitrogens with zero attached hydrogens (tertiary/aromatic N) is 3. The number of ether oxygens (including phenoxy) is 1. The highest BCUT2D eigenvalue weighted by Crippen LogP contribution is 2.56. The third-order valence-electron chi connectivity index (χ3n) is 9.18. The summed E-state index contributed by atoms with van der Waals surface area (Å²) >= 11 is 0. The highest BCUT2D eigenvalue weighted by atomic mass is 16.5. The van der Waals surface area contributed by atoms with Gasteiger partial charge in [-0.1, -0.05) is 12.1 Å². The Morgan fingerprint density at radius 1 is 1.13 bits per heavy atom. The van der Waals surface area contributed by atoms with Crippen molar-refractivity contribution in [3.05, 3.63) is 64.8 Å². The zero-order chi connectivity index (χ0) is 26.3. The fourth-order valence-electron chi connectivity index (χ4n) is 7.03. The second-order valence-electron chi connectivity index (χ2n) is 11.5. The Morgan fingerprint density at radius 3 is 2.61 bits per heavy atom. The molecule has 3 fully saturated rings. The predicted octanol–water partition coefficient (Wildman–Crippen LogP) is 4.79. The maximum absolute atomic E-state index is 13.1. The van der Waals surface area contributed by atoms with Gasteiger partial charge in [0, 0.05) is 72.9 Å². The second-order valence-corrected chi connectivity index (χ2v) is 11.5. The summed E-state index contributed by atoms with van der Waals surface area (Å²) in [4.78, 5) is 21.0. The van der Waals surface area contributed by atoms with E-state index < -0.39 is 0 Å². The van der Waals surface area contributed by atoms with Gasteiger partial charge in [-0.3, -0.25) is 9.69 Å². The van der Waals surface area contributed by atoms with Gasteiger partial charge in [-0.15, -0.1) is 0 Å². The third-order valence-corrected chi connectivity index (χ3v) is 9.18. The summed E-state index contributed by atoms with van der Waals surface area (Å²) in [5, 5.41) is 14.0. The Labute approximate surface area is 224 Å². The molecule has 1 spiro atoms. The number of piperazine rings is 1. The molecule has 2 aromatic carbocycles. The van der Waals surface area contributed by atoms with Gasteiger partial charge in [0.1, 0.15) is 5.75 Å². The quantitative estimate of drug-likeness (QED) is 0.515. The van der Waals surface area contributed by atoms with Crippen LogP contribution in [0.5, 0.6) is 5.75 Å². The van der Waals surface area contributed by atoms with Crippen LogP contribution in [0.25, 0.3) is 10.9 Å². The van der Waals surface area contributed by atoms with Crippen molar-refractivity contribution in [3.63, 3.8) is 0 Å². The SMILES string of the molecule is COc1cc(C)c2[nH]ccc2c1CN1CCC2(CC(C#N)C2)C[C@H]1c1ccc(C(=O)N2CCNCC2)cc1. The standard InChI is InChI=1S/C31H37N5O2/c1-21-15-28(38-2)26(25-7-9-34-29(21)25)20-36-12-8-31(16-22(17-31)19-32)18-27(36)23-3-5-24(6-4-23)30(37)35-13-10-33-11-14-35/h3-7,9,15,22,27,33-34H,8,10-14,16-18,20H2,1-2H3/t22?,27-,31?/m0/s1. The van der Waals surface area contributed by atoms with Crippen LogP contribution in [0.15, 0.2) is 42.6 Å². The molecule has 3 aliphatic rings. The molecule has 3 heterocycles. The van der Waals surface area contributed by atoms with Crippen LogP contribution in [0.3, 0.4) is 0 Å². The van der Waals surface area contributed by atoms with Gasteiger partial charge in [0.15, 0.2) is 0 Å². The van der Waals surface area contributed by atoms with E-state index in [4.69, 9.17) is 4.74 Å². The summed E-state index contributed by atoms with van der Waals surface area (Å²) in [7, 11) is 1.75. The number of benzene rings is 2. The van der Waals surface area contributed by atoms with Crippen LogP contribution in [0.2, 0.25) is 0 Å².